The molecule has 0 bridgehead atoms. The minimum Gasteiger partial charge on any atom is -0.386 e. The van der Waals surface area contributed by atoms with Crippen LogP contribution in [0.3, 0.4) is 0 Å². The van der Waals surface area contributed by atoms with E-state index >= 15 is 0 Å². The van der Waals surface area contributed by atoms with Crippen LogP contribution in [0.5, 0.6) is 0 Å². The van der Waals surface area contributed by atoms with E-state index in [4.69, 9.17) is 4.74 Å². The number of nitrogens with zero attached hydrogens (tertiary/aromatic N) is 1. The third-order valence-electron chi connectivity index (χ3n) is 2.88. The van der Waals surface area contributed by atoms with Gasteiger partial charge in [-0.25, -0.2) is 0 Å². The average Bonchev–Trinajstić information content (AvgIpc) is 2.14. The molecule has 2 rings (SSSR count). The van der Waals surface area contributed by atoms with E-state index in [2.05, 4.69) is 0 Å². The summed E-state index contributed by atoms with van der Waals surface area (Å²) in [5.74, 6) is 0.177. The molecule has 0 aromatic rings. The molecule has 14 heavy (non-hydrogen) atoms. The maximum atomic E-state index is 11.8. The van der Waals surface area contributed by atoms with Crippen LogP contribution in [0.2, 0.25) is 0 Å². The van der Waals surface area contributed by atoms with Crippen LogP contribution in [-0.2, 0) is 9.53 Å². The Morgan fingerprint density at radius 2 is 2.29 bits per heavy atom. The second-order valence-electron chi connectivity index (χ2n) is 4.61. The van der Waals surface area contributed by atoms with Crippen molar-refractivity contribution in [2.24, 2.45) is 5.92 Å². The van der Waals surface area contributed by atoms with E-state index in [9.17, 15) is 9.90 Å². The van der Waals surface area contributed by atoms with Gasteiger partial charge in [-0.05, 0) is 19.8 Å². The van der Waals surface area contributed by atoms with Crippen LogP contribution in [0, 0.1) is 5.92 Å². The topological polar surface area (TPSA) is 49.8 Å². The van der Waals surface area contributed by atoms with Gasteiger partial charge in [0, 0.05) is 6.61 Å². The van der Waals surface area contributed by atoms with Crippen molar-refractivity contribution in [2.45, 2.75) is 25.4 Å². The molecule has 1 N–H and O–H groups in total. The Hall–Kier alpha value is -0.610. The molecule has 1 amide bonds. The third kappa shape index (κ3) is 1.91. The second-order valence-corrected chi connectivity index (χ2v) is 4.61. The lowest BCUT2D eigenvalue weighted by molar-refractivity contribution is -0.160. The lowest BCUT2D eigenvalue weighted by atomic mass is 9.92. The van der Waals surface area contributed by atoms with E-state index in [1.54, 1.807) is 11.8 Å². The number of carbonyl (C=O) groups excluding carboxylic acids is 1. The number of ether oxygens (including phenoxy) is 1. The van der Waals surface area contributed by atoms with Crippen LogP contribution >= 0.6 is 0 Å². The molecular weight excluding hydrogens is 182 g/mol. The Kier molecular flexibility index (Phi) is 2.49. The number of β-amino-alcohol motifs (C(OH)–C–C–N with tert-alkyl or cyclic N) is 1. The molecule has 2 aliphatic heterocycles. The smallest absolute Gasteiger partial charge is 0.228 e. The molecule has 0 saturated carbocycles. The summed E-state index contributed by atoms with van der Waals surface area (Å²) in [7, 11) is 0. The molecule has 2 heterocycles. The summed E-state index contributed by atoms with van der Waals surface area (Å²) in [6.45, 7) is 4.04. The predicted octanol–water partition coefficient (Wildman–Crippen LogP) is 0.00620. The molecule has 1 atom stereocenters. The van der Waals surface area contributed by atoms with Gasteiger partial charge in [0.05, 0.1) is 31.2 Å². The van der Waals surface area contributed by atoms with Gasteiger partial charge in [-0.1, -0.05) is 0 Å². The number of carbonyl (C=O) groups is 1. The Balaban J connectivity index is 1.84. The van der Waals surface area contributed by atoms with Gasteiger partial charge in [0.1, 0.15) is 0 Å². The quantitative estimate of drug-likeness (QED) is 0.647. The average molecular weight is 199 g/mol. The fraction of sp³-hybridized carbons (Fsp3) is 0.900. The van der Waals surface area contributed by atoms with Crippen LogP contribution in [0.15, 0.2) is 0 Å². The van der Waals surface area contributed by atoms with E-state index in [-0.39, 0.29) is 11.8 Å². The van der Waals surface area contributed by atoms with Crippen molar-refractivity contribution in [3.05, 3.63) is 0 Å². The number of amides is 1. The number of rotatable bonds is 1. The van der Waals surface area contributed by atoms with Crippen molar-refractivity contribution in [1.29, 1.82) is 0 Å². The minimum absolute atomic E-state index is 0.0276. The zero-order chi connectivity index (χ0) is 10.2. The Bertz CT molecular complexity index is 226. The van der Waals surface area contributed by atoms with Gasteiger partial charge in [0.2, 0.25) is 5.91 Å². The predicted molar refractivity (Wildman–Crippen MR) is 50.7 cm³/mol. The largest absolute Gasteiger partial charge is 0.386 e. The number of likely N-dealkylation sites (tertiary alicyclic amines) is 1. The highest BCUT2D eigenvalue weighted by atomic mass is 16.5. The van der Waals surface area contributed by atoms with Crippen molar-refractivity contribution in [1.82, 2.24) is 4.90 Å². The lowest BCUT2D eigenvalue weighted by Crippen LogP contribution is -2.63. The van der Waals surface area contributed by atoms with Gasteiger partial charge in [-0.15, -0.1) is 0 Å². The van der Waals surface area contributed by atoms with Gasteiger partial charge >= 0.3 is 0 Å². The first kappa shape index (κ1) is 9.93. The molecule has 2 aliphatic rings. The van der Waals surface area contributed by atoms with Crippen molar-refractivity contribution in [3.8, 4) is 0 Å². The van der Waals surface area contributed by atoms with Crippen molar-refractivity contribution in [3.63, 3.8) is 0 Å². The molecule has 2 fully saturated rings. The molecular formula is C10H17NO3. The van der Waals surface area contributed by atoms with Gasteiger partial charge < -0.3 is 14.7 Å². The fourth-order valence-corrected chi connectivity index (χ4v) is 2.13. The first-order valence-electron chi connectivity index (χ1n) is 5.17. The molecule has 4 nitrogen and oxygen atoms in total. The van der Waals surface area contributed by atoms with Gasteiger partial charge in [-0.3, -0.25) is 4.79 Å². The third-order valence-corrected chi connectivity index (χ3v) is 2.88. The number of hydrogen-bond acceptors (Lipinski definition) is 3. The zero-order valence-corrected chi connectivity index (χ0v) is 8.53. The molecule has 1 unspecified atom stereocenters. The monoisotopic (exact) mass is 199 g/mol. The molecule has 0 aliphatic carbocycles. The minimum atomic E-state index is -0.662. The van der Waals surface area contributed by atoms with Crippen molar-refractivity contribution >= 4 is 5.91 Å². The summed E-state index contributed by atoms with van der Waals surface area (Å²) in [4.78, 5) is 13.5. The highest BCUT2D eigenvalue weighted by Crippen LogP contribution is 2.24. The second kappa shape index (κ2) is 3.51. The molecule has 4 heteroatoms. The Morgan fingerprint density at radius 1 is 1.57 bits per heavy atom. The van der Waals surface area contributed by atoms with Crippen molar-refractivity contribution in [2.75, 3.05) is 26.3 Å². The van der Waals surface area contributed by atoms with E-state index < -0.39 is 5.60 Å². The first-order chi connectivity index (χ1) is 6.58. The van der Waals surface area contributed by atoms with Gasteiger partial charge in [0.15, 0.2) is 0 Å². The van der Waals surface area contributed by atoms with Crippen LogP contribution in [0.1, 0.15) is 19.8 Å². The van der Waals surface area contributed by atoms with Crippen LogP contribution < -0.4 is 0 Å². The summed E-state index contributed by atoms with van der Waals surface area (Å²) in [5, 5.41) is 9.51. The van der Waals surface area contributed by atoms with Crippen molar-refractivity contribution < 1.29 is 14.6 Å². The summed E-state index contributed by atoms with van der Waals surface area (Å²) in [5.41, 5.74) is -0.662. The van der Waals surface area contributed by atoms with Crippen LogP contribution in [0.25, 0.3) is 0 Å². The molecule has 2 saturated heterocycles. The summed E-state index contributed by atoms with van der Waals surface area (Å²) >= 11 is 0. The van der Waals surface area contributed by atoms with Gasteiger partial charge in [0.25, 0.3) is 0 Å². The fourth-order valence-electron chi connectivity index (χ4n) is 2.13. The normalized spacial score (nSPS) is 31.0. The van der Waals surface area contributed by atoms with E-state index in [0.717, 1.165) is 19.4 Å². The van der Waals surface area contributed by atoms with Crippen LogP contribution in [0.4, 0.5) is 0 Å². The molecule has 80 valence electrons. The lowest BCUT2D eigenvalue weighted by Gasteiger charge is -2.45. The first-order valence-corrected chi connectivity index (χ1v) is 5.17. The van der Waals surface area contributed by atoms with E-state index in [1.807, 2.05) is 0 Å². The SMILES string of the molecule is CC1(O)CN(C(=O)C2CCCOC2)C1. The maximum Gasteiger partial charge on any atom is 0.228 e. The van der Waals surface area contributed by atoms with Crippen LogP contribution in [-0.4, -0.2) is 47.8 Å². The molecule has 0 aromatic carbocycles. The highest BCUT2D eigenvalue weighted by Gasteiger charge is 2.41. The summed E-state index contributed by atoms with van der Waals surface area (Å²) in [6, 6.07) is 0. The maximum absolute atomic E-state index is 11.8. The standard InChI is InChI=1S/C10H17NO3/c1-10(13)6-11(7-10)9(12)8-3-2-4-14-5-8/h8,13H,2-7H2,1H3. The summed E-state index contributed by atoms with van der Waals surface area (Å²) < 4.78 is 5.26. The van der Waals surface area contributed by atoms with Gasteiger partial charge in [-0.2, -0.15) is 0 Å². The Morgan fingerprint density at radius 3 is 2.79 bits per heavy atom. The molecule has 0 aromatic heterocycles. The van der Waals surface area contributed by atoms with E-state index in [1.165, 1.54) is 0 Å². The molecule has 0 spiro atoms. The number of aliphatic hydroxyl groups is 1. The molecule has 0 radical (unpaired) electrons. The Labute approximate surface area is 83.8 Å². The number of hydrogen-bond donors (Lipinski definition) is 1. The summed E-state index contributed by atoms with van der Waals surface area (Å²) in [6.07, 6.45) is 1.90. The zero-order valence-electron chi connectivity index (χ0n) is 8.53. The highest BCUT2D eigenvalue weighted by molar-refractivity contribution is 5.80. The van der Waals surface area contributed by atoms with E-state index in [0.29, 0.717) is 19.7 Å².